The van der Waals surface area contributed by atoms with Gasteiger partial charge in [0.05, 0.1) is 0 Å². The number of pyridine rings is 1. The first-order valence-electron chi connectivity index (χ1n) is 8.43. The maximum Gasteiger partial charge on any atom is 0.155 e. The number of nitrogens with one attached hydrogen (secondary N) is 1. The van der Waals surface area contributed by atoms with Gasteiger partial charge < -0.3 is 4.90 Å². The molecule has 4 aliphatic rings. The number of aryl methyl sites for hydroxylation is 1. The molecule has 1 unspecified atom stereocenters. The molecule has 2 bridgehead atoms. The third-order valence-corrected chi connectivity index (χ3v) is 6.54. The van der Waals surface area contributed by atoms with Crippen molar-refractivity contribution in [2.45, 2.75) is 31.8 Å². The van der Waals surface area contributed by atoms with Crippen LogP contribution in [-0.2, 0) is 4.84 Å². The molecule has 24 heavy (non-hydrogen) atoms. The van der Waals surface area contributed by atoms with Crippen LogP contribution in [0.2, 0.25) is 0 Å². The van der Waals surface area contributed by atoms with Crippen LogP contribution in [0.5, 0.6) is 0 Å². The van der Waals surface area contributed by atoms with Gasteiger partial charge >= 0.3 is 0 Å². The minimum absolute atomic E-state index is 0.134. The molecule has 126 valence electrons. The number of fused-ring (bicyclic) bond motifs is 3. The molecule has 1 spiro atoms. The molecule has 4 fully saturated rings. The zero-order valence-corrected chi connectivity index (χ0v) is 14.3. The highest BCUT2D eigenvalue weighted by molar-refractivity contribution is 7.18. The van der Waals surface area contributed by atoms with E-state index in [0.717, 1.165) is 18.8 Å². The van der Waals surface area contributed by atoms with Crippen molar-refractivity contribution in [3.8, 4) is 0 Å². The molecule has 6 rings (SSSR count). The molecule has 1 N–H and O–H groups in total. The maximum absolute atomic E-state index is 13.9. The smallest absolute Gasteiger partial charge is 0.155 e. The lowest BCUT2D eigenvalue weighted by molar-refractivity contribution is -0.150. The summed E-state index contributed by atoms with van der Waals surface area (Å²) in [5.41, 5.74) is 2.89. The van der Waals surface area contributed by atoms with E-state index < -0.39 is 0 Å². The Morgan fingerprint density at radius 1 is 1.42 bits per heavy atom. The number of hydrogen-bond donors (Lipinski definition) is 1. The minimum atomic E-state index is -0.171. The first-order chi connectivity index (χ1) is 11.6. The fraction of sp³-hybridized carbons (Fsp3) is 0.529. The first-order valence-corrected chi connectivity index (χ1v) is 9.24. The Labute approximate surface area is 143 Å². The molecule has 4 saturated heterocycles. The van der Waals surface area contributed by atoms with Crippen molar-refractivity contribution in [1.29, 1.82) is 0 Å². The average Bonchev–Trinajstić information content (AvgIpc) is 3.10. The molecule has 0 amide bonds. The Morgan fingerprint density at radius 2 is 2.25 bits per heavy atom. The van der Waals surface area contributed by atoms with E-state index >= 15 is 0 Å². The number of aliphatic imine (C=N–C) groups is 1. The van der Waals surface area contributed by atoms with Crippen LogP contribution in [0, 0.1) is 18.7 Å². The largest absolute Gasteiger partial charge is 0.300 e. The predicted octanol–water partition coefficient (Wildman–Crippen LogP) is 3.16. The van der Waals surface area contributed by atoms with E-state index in [4.69, 9.17) is 4.84 Å². The van der Waals surface area contributed by atoms with E-state index in [1.54, 1.807) is 19.1 Å². The van der Waals surface area contributed by atoms with E-state index in [-0.39, 0.29) is 11.4 Å². The quantitative estimate of drug-likeness (QED) is 0.862. The number of halogens is 1. The summed E-state index contributed by atoms with van der Waals surface area (Å²) in [5.74, 6) is 1.86. The van der Waals surface area contributed by atoms with Gasteiger partial charge in [-0.2, -0.15) is 0 Å². The highest BCUT2D eigenvalue weighted by Gasteiger charge is 2.52. The lowest BCUT2D eigenvalue weighted by Crippen LogP contribution is -2.59. The molecule has 0 saturated carbocycles. The molecular formula is C17H19FN4OS. The number of aromatic nitrogens is 1. The van der Waals surface area contributed by atoms with Crippen LogP contribution in [-0.4, -0.2) is 41.0 Å². The molecular weight excluding hydrogens is 327 g/mol. The Hall–Kier alpha value is -1.57. The van der Waals surface area contributed by atoms with E-state index in [1.165, 1.54) is 37.3 Å². The highest BCUT2D eigenvalue weighted by Crippen LogP contribution is 2.42. The number of rotatable bonds is 1. The second-order valence-electron chi connectivity index (χ2n) is 7.05. The van der Waals surface area contributed by atoms with Gasteiger partial charge in [0.15, 0.2) is 5.82 Å². The summed E-state index contributed by atoms with van der Waals surface area (Å²) in [6.45, 7) is 5.12. The van der Waals surface area contributed by atoms with E-state index in [1.807, 2.05) is 0 Å². The van der Waals surface area contributed by atoms with E-state index in [2.05, 4.69) is 20.4 Å². The Balaban J connectivity index is 1.43. The van der Waals surface area contributed by atoms with Crippen LogP contribution in [0.25, 0.3) is 10.2 Å². The van der Waals surface area contributed by atoms with Crippen LogP contribution >= 0.6 is 11.3 Å². The minimum Gasteiger partial charge on any atom is -0.300 e. The van der Waals surface area contributed by atoms with Gasteiger partial charge in [-0.05, 0) is 50.9 Å². The number of thiophene rings is 1. The summed E-state index contributed by atoms with van der Waals surface area (Å²) in [4.78, 5) is 18.9. The van der Waals surface area contributed by atoms with Crippen LogP contribution in [0.4, 0.5) is 10.2 Å². The Kier molecular flexibility index (Phi) is 3.20. The number of piperidine rings is 3. The van der Waals surface area contributed by atoms with Crippen molar-refractivity contribution >= 4 is 33.2 Å². The van der Waals surface area contributed by atoms with Crippen molar-refractivity contribution in [1.82, 2.24) is 15.4 Å². The predicted molar refractivity (Wildman–Crippen MR) is 92.1 cm³/mol. The van der Waals surface area contributed by atoms with Gasteiger partial charge in [-0.25, -0.2) is 14.4 Å². The van der Waals surface area contributed by atoms with Gasteiger partial charge in [-0.1, -0.05) is 0 Å². The molecule has 2 aromatic rings. The monoisotopic (exact) mass is 346 g/mol. The Bertz CT molecular complexity index is 842. The summed E-state index contributed by atoms with van der Waals surface area (Å²) in [5, 5.41) is 0.575. The molecule has 7 heteroatoms. The zero-order valence-electron chi connectivity index (χ0n) is 13.5. The molecule has 4 aliphatic heterocycles. The Morgan fingerprint density at radius 3 is 3.00 bits per heavy atom. The molecule has 0 aromatic carbocycles. The zero-order chi connectivity index (χ0) is 16.3. The summed E-state index contributed by atoms with van der Waals surface area (Å²) in [7, 11) is 0. The fourth-order valence-corrected chi connectivity index (χ4v) is 5.17. The molecule has 0 radical (unpaired) electrons. The fourth-order valence-electron chi connectivity index (χ4n) is 4.27. The van der Waals surface area contributed by atoms with Gasteiger partial charge in [0.1, 0.15) is 22.1 Å². The number of nitrogens with zero attached hydrogens (tertiary/aromatic N) is 3. The number of amidine groups is 1. The van der Waals surface area contributed by atoms with Gasteiger partial charge in [0.25, 0.3) is 0 Å². The third-order valence-electron chi connectivity index (χ3n) is 5.55. The summed E-state index contributed by atoms with van der Waals surface area (Å²) >= 11 is 1.37. The molecule has 6 heterocycles. The lowest BCUT2D eigenvalue weighted by atomic mass is 9.74. The molecule has 1 atom stereocenters. The second kappa shape index (κ2) is 5.21. The summed E-state index contributed by atoms with van der Waals surface area (Å²) in [6, 6.07) is 3.54. The molecule has 5 nitrogen and oxygen atoms in total. The van der Waals surface area contributed by atoms with Crippen LogP contribution in [0.3, 0.4) is 0 Å². The van der Waals surface area contributed by atoms with Gasteiger partial charge in [-0.15, -0.1) is 11.3 Å². The number of hydrogen-bond acceptors (Lipinski definition) is 5. The van der Waals surface area contributed by atoms with Crippen molar-refractivity contribution in [3.63, 3.8) is 0 Å². The normalized spacial score (nSPS) is 33.7. The summed E-state index contributed by atoms with van der Waals surface area (Å²) < 4.78 is 13.9. The summed E-state index contributed by atoms with van der Waals surface area (Å²) in [6.07, 6.45) is 3.20. The second-order valence-corrected chi connectivity index (χ2v) is 8.25. The van der Waals surface area contributed by atoms with Gasteiger partial charge in [-0.3, -0.25) is 10.3 Å². The van der Waals surface area contributed by atoms with Crippen molar-refractivity contribution < 1.29 is 9.23 Å². The maximum atomic E-state index is 13.9. The van der Waals surface area contributed by atoms with Crippen LogP contribution in [0.15, 0.2) is 17.1 Å². The molecule has 2 aromatic heterocycles. The van der Waals surface area contributed by atoms with E-state index in [9.17, 15) is 4.39 Å². The van der Waals surface area contributed by atoms with Crippen molar-refractivity contribution in [2.24, 2.45) is 10.9 Å². The van der Waals surface area contributed by atoms with Gasteiger partial charge in [0.2, 0.25) is 0 Å². The van der Waals surface area contributed by atoms with Gasteiger partial charge in [0, 0.05) is 23.2 Å². The highest BCUT2D eigenvalue weighted by atomic mass is 32.1. The van der Waals surface area contributed by atoms with Crippen LogP contribution < -0.4 is 5.48 Å². The third kappa shape index (κ3) is 2.18. The topological polar surface area (TPSA) is 49.8 Å². The lowest BCUT2D eigenvalue weighted by Gasteiger charge is -2.49. The van der Waals surface area contributed by atoms with Crippen molar-refractivity contribution in [3.05, 3.63) is 22.8 Å². The first kappa shape index (κ1) is 14.7. The number of hydroxylamine groups is 1. The SMILES string of the molecule is Cc1sc2nc(N=C3CC4(CN5CCC4CC5)ON3)ccc2c1F. The van der Waals surface area contributed by atoms with E-state index in [0.29, 0.717) is 26.8 Å². The standard InChI is InChI=1S/C17H19FN4OS/c1-10-15(18)12-2-3-13(20-16(12)24-10)19-14-8-17(23-21-14)9-22-6-4-11(17)5-7-22/h2-3,11H,4-9H2,1H3,(H,19,20,21). The van der Waals surface area contributed by atoms with Crippen LogP contribution in [0.1, 0.15) is 24.1 Å². The molecule has 0 aliphatic carbocycles. The van der Waals surface area contributed by atoms with Crippen molar-refractivity contribution in [2.75, 3.05) is 19.6 Å². The average molecular weight is 346 g/mol.